The summed E-state index contributed by atoms with van der Waals surface area (Å²) < 4.78 is 7.52. The molecule has 3 aromatic rings. The summed E-state index contributed by atoms with van der Waals surface area (Å²) in [5, 5.41) is 4.30. The van der Waals surface area contributed by atoms with E-state index in [1.54, 1.807) is 13.3 Å². The first-order chi connectivity index (χ1) is 12.1. The summed E-state index contributed by atoms with van der Waals surface area (Å²) in [5.74, 6) is 1.80. The van der Waals surface area contributed by atoms with E-state index in [4.69, 9.17) is 16.3 Å². The van der Waals surface area contributed by atoms with Gasteiger partial charge in [-0.05, 0) is 30.2 Å². The number of benzene rings is 2. The summed E-state index contributed by atoms with van der Waals surface area (Å²) in [6.07, 6.45) is 3.74. The maximum absolute atomic E-state index is 6.45. The zero-order chi connectivity index (χ0) is 17.8. The van der Waals surface area contributed by atoms with Crippen LogP contribution < -0.4 is 10.1 Å². The molecule has 0 bridgehead atoms. The fraction of sp³-hybridized carbons (Fsp3) is 0.250. The minimum Gasteiger partial charge on any atom is -0.496 e. The highest BCUT2D eigenvalue weighted by atomic mass is 35.5. The van der Waals surface area contributed by atoms with E-state index < -0.39 is 0 Å². The van der Waals surface area contributed by atoms with E-state index in [0.29, 0.717) is 6.54 Å². The van der Waals surface area contributed by atoms with Gasteiger partial charge in [-0.2, -0.15) is 0 Å². The Balaban J connectivity index is 1.92. The smallest absolute Gasteiger partial charge is 0.130 e. The van der Waals surface area contributed by atoms with Crippen molar-refractivity contribution in [2.75, 3.05) is 7.11 Å². The maximum Gasteiger partial charge on any atom is 0.130 e. The molecule has 0 aliphatic rings. The lowest BCUT2D eigenvalue weighted by molar-refractivity contribution is 0.405. The highest BCUT2D eigenvalue weighted by Crippen LogP contribution is 2.28. The van der Waals surface area contributed by atoms with Gasteiger partial charge in [-0.25, -0.2) is 4.98 Å². The van der Waals surface area contributed by atoms with E-state index >= 15 is 0 Å². The molecule has 1 heterocycles. The molecule has 25 heavy (non-hydrogen) atoms. The second-order valence-electron chi connectivity index (χ2n) is 6.05. The SMILES string of the molecule is COc1cc(C)ccc1CN[C@H](c1ccccc1Cl)c1nccn1C. The van der Waals surface area contributed by atoms with Crippen LogP contribution in [0.3, 0.4) is 0 Å². The van der Waals surface area contributed by atoms with Gasteiger partial charge in [-0.15, -0.1) is 0 Å². The molecule has 1 atom stereocenters. The molecular weight excluding hydrogens is 334 g/mol. The van der Waals surface area contributed by atoms with Crippen molar-refractivity contribution in [2.24, 2.45) is 7.05 Å². The molecule has 0 saturated carbocycles. The third-order valence-corrected chi connectivity index (χ3v) is 4.62. The largest absolute Gasteiger partial charge is 0.496 e. The van der Waals surface area contributed by atoms with Crippen LogP contribution in [0.2, 0.25) is 5.02 Å². The lowest BCUT2D eigenvalue weighted by Crippen LogP contribution is -2.25. The first kappa shape index (κ1) is 17.5. The Morgan fingerprint density at radius 2 is 2.04 bits per heavy atom. The van der Waals surface area contributed by atoms with Gasteiger partial charge in [0.1, 0.15) is 11.6 Å². The number of nitrogens with one attached hydrogen (secondary N) is 1. The molecule has 2 aromatic carbocycles. The van der Waals surface area contributed by atoms with Gasteiger partial charge in [0, 0.05) is 36.6 Å². The van der Waals surface area contributed by atoms with Gasteiger partial charge in [-0.3, -0.25) is 5.32 Å². The minimum atomic E-state index is -0.111. The number of ether oxygens (including phenoxy) is 1. The van der Waals surface area contributed by atoms with Crippen molar-refractivity contribution in [3.05, 3.63) is 82.4 Å². The van der Waals surface area contributed by atoms with Gasteiger partial charge < -0.3 is 9.30 Å². The molecule has 0 fully saturated rings. The molecule has 130 valence electrons. The predicted molar refractivity (Wildman–Crippen MR) is 101 cm³/mol. The van der Waals surface area contributed by atoms with E-state index in [0.717, 1.165) is 27.7 Å². The normalized spacial score (nSPS) is 12.2. The van der Waals surface area contributed by atoms with Crippen LogP contribution in [0.4, 0.5) is 0 Å². The van der Waals surface area contributed by atoms with Crippen LogP contribution in [0.1, 0.15) is 28.6 Å². The average Bonchev–Trinajstić information content (AvgIpc) is 3.03. The Hall–Kier alpha value is -2.30. The van der Waals surface area contributed by atoms with E-state index in [-0.39, 0.29) is 6.04 Å². The van der Waals surface area contributed by atoms with Crippen LogP contribution in [0.15, 0.2) is 54.9 Å². The third kappa shape index (κ3) is 3.86. The van der Waals surface area contributed by atoms with E-state index in [1.807, 2.05) is 48.1 Å². The molecule has 1 N–H and O–H groups in total. The van der Waals surface area contributed by atoms with Crippen molar-refractivity contribution in [2.45, 2.75) is 19.5 Å². The van der Waals surface area contributed by atoms with Crippen LogP contribution in [-0.4, -0.2) is 16.7 Å². The molecule has 0 unspecified atom stereocenters. The Bertz CT molecular complexity index is 860. The third-order valence-electron chi connectivity index (χ3n) is 4.27. The maximum atomic E-state index is 6.45. The summed E-state index contributed by atoms with van der Waals surface area (Å²) in [6, 6.07) is 14.0. The lowest BCUT2D eigenvalue weighted by atomic mass is 10.0. The van der Waals surface area contributed by atoms with E-state index in [2.05, 4.69) is 29.4 Å². The molecule has 0 spiro atoms. The number of nitrogens with zero attached hydrogens (tertiary/aromatic N) is 2. The van der Waals surface area contributed by atoms with E-state index in [1.165, 1.54) is 5.56 Å². The predicted octanol–water partition coefficient (Wildman–Crippen LogP) is 4.27. The Labute approximate surface area is 153 Å². The summed E-state index contributed by atoms with van der Waals surface area (Å²) in [7, 11) is 3.68. The molecule has 0 amide bonds. The second kappa shape index (κ2) is 7.72. The number of halogens is 1. The zero-order valence-corrected chi connectivity index (χ0v) is 15.4. The molecular formula is C20H22ClN3O. The van der Waals surface area contributed by atoms with Crippen LogP contribution in [0.5, 0.6) is 5.75 Å². The van der Waals surface area contributed by atoms with Gasteiger partial charge in [-0.1, -0.05) is 41.9 Å². The molecule has 0 radical (unpaired) electrons. The highest BCUT2D eigenvalue weighted by molar-refractivity contribution is 6.31. The Morgan fingerprint density at radius 3 is 2.72 bits per heavy atom. The lowest BCUT2D eigenvalue weighted by Gasteiger charge is -2.21. The fourth-order valence-electron chi connectivity index (χ4n) is 2.91. The van der Waals surface area contributed by atoms with Crippen molar-refractivity contribution >= 4 is 11.6 Å². The molecule has 5 heteroatoms. The quantitative estimate of drug-likeness (QED) is 0.717. The molecule has 3 rings (SSSR count). The van der Waals surface area contributed by atoms with Gasteiger partial charge >= 0.3 is 0 Å². The Kier molecular flexibility index (Phi) is 5.41. The fourth-order valence-corrected chi connectivity index (χ4v) is 3.16. The molecule has 0 aliphatic heterocycles. The number of imidazole rings is 1. The first-order valence-electron chi connectivity index (χ1n) is 8.18. The highest BCUT2D eigenvalue weighted by Gasteiger charge is 2.20. The van der Waals surface area contributed by atoms with Gasteiger partial charge in [0.2, 0.25) is 0 Å². The number of aromatic nitrogens is 2. The number of hydrogen-bond acceptors (Lipinski definition) is 3. The van der Waals surface area contributed by atoms with Gasteiger partial charge in [0.05, 0.1) is 13.2 Å². The van der Waals surface area contributed by atoms with Crippen molar-refractivity contribution in [3.63, 3.8) is 0 Å². The molecule has 0 aliphatic carbocycles. The van der Waals surface area contributed by atoms with Crippen LogP contribution in [0, 0.1) is 6.92 Å². The van der Waals surface area contributed by atoms with Crippen LogP contribution >= 0.6 is 11.6 Å². The number of methoxy groups -OCH3 is 1. The second-order valence-corrected chi connectivity index (χ2v) is 6.45. The first-order valence-corrected chi connectivity index (χ1v) is 8.56. The number of aryl methyl sites for hydroxylation is 2. The number of hydrogen-bond donors (Lipinski definition) is 1. The standard InChI is InChI=1S/C20H22ClN3O/c1-14-8-9-15(18(12-14)25-3)13-23-19(20-22-10-11-24(20)2)16-6-4-5-7-17(16)21/h4-12,19,23H,13H2,1-3H3/t19-/m1/s1. The van der Waals surface area contributed by atoms with Crippen molar-refractivity contribution in [1.82, 2.24) is 14.9 Å². The van der Waals surface area contributed by atoms with Crippen molar-refractivity contribution < 1.29 is 4.74 Å². The topological polar surface area (TPSA) is 39.1 Å². The molecule has 0 saturated heterocycles. The van der Waals surface area contributed by atoms with E-state index in [9.17, 15) is 0 Å². The summed E-state index contributed by atoms with van der Waals surface area (Å²) in [5.41, 5.74) is 3.27. The summed E-state index contributed by atoms with van der Waals surface area (Å²) in [6.45, 7) is 2.70. The molecule has 4 nitrogen and oxygen atoms in total. The van der Waals surface area contributed by atoms with Gasteiger partial charge in [0.25, 0.3) is 0 Å². The summed E-state index contributed by atoms with van der Waals surface area (Å²) >= 11 is 6.45. The zero-order valence-electron chi connectivity index (χ0n) is 14.7. The van der Waals surface area contributed by atoms with Gasteiger partial charge in [0.15, 0.2) is 0 Å². The molecule has 1 aromatic heterocycles. The van der Waals surface area contributed by atoms with Crippen molar-refractivity contribution in [3.8, 4) is 5.75 Å². The van der Waals surface area contributed by atoms with Crippen molar-refractivity contribution in [1.29, 1.82) is 0 Å². The van der Waals surface area contributed by atoms with Crippen LogP contribution in [-0.2, 0) is 13.6 Å². The summed E-state index contributed by atoms with van der Waals surface area (Å²) in [4.78, 5) is 4.51. The minimum absolute atomic E-state index is 0.111. The monoisotopic (exact) mass is 355 g/mol. The van der Waals surface area contributed by atoms with Crippen LogP contribution in [0.25, 0.3) is 0 Å². The number of rotatable bonds is 6. The Morgan fingerprint density at radius 1 is 1.24 bits per heavy atom. The average molecular weight is 356 g/mol.